The van der Waals surface area contributed by atoms with Crippen molar-refractivity contribution >= 4 is 5.69 Å². The molecule has 228 valence electrons. The zero-order valence-electron chi connectivity index (χ0n) is 27.3. The number of hydrogen-bond donors (Lipinski definition) is 0. The van der Waals surface area contributed by atoms with Gasteiger partial charge in [0.05, 0.1) is 0 Å². The Morgan fingerprint density at radius 3 is 1.41 bits per heavy atom. The Hall–Kier alpha value is -2.27. The van der Waals surface area contributed by atoms with Gasteiger partial charge < -0.3 is 4.90 Å². The van der Waals surface area contributed by atoms with Gasteiger partial charge in [0.2, 0.25) is 0 Å². The van der Waals surface area contributed by atoms with Crippen LogP contribution >= 0.6 is 0 Å². The van der Waals surface area contributed by atoms with E-state index in [2.05, 4.69) is 78.8 Å². The van der Waals surface area contributed by atoms with Crippen LogP contribution in [0.5, 0.6) is 0 Å². The van der Waals surface area contributed by atoms with Gasteiger partial charge in [0, 0.05) is 30.9 Å². The topological polar surface area (TPSA) is 7.12 Å². The van der Waals surface area contributed by atoms with Crippen molar-refractivity contribution in [2.24, 2.45) is 0 Å². The van der Waals surface area contributed by atoms with Crippen LogP contribution in [-0.4, -0.2) is 13.1 Å². The molecule has 0 radical (unpaired) electrons. The smallest absolute Gasteiger partial charge is 0.257 e. The first-order chi connectivity index (χ1) is 20.2. The average molecular weight is 560 g/mol. The Bertz CT molecular complexity index is 915. The van der Waals surface area contributed by atoms with E-state index in [1.165, 1.54) is 158 Å². The molecular formula is C39H63N2+. The van der Waals surface area contributed by atoms with Gasteiger partial charge in [-0.15, -0.1) is 6.42 Å². The summed E-state index contributed by atoms with van der Waals surface area (Å²) < 4.78 is 2.12. The number of rotatable bonds is 25. The van der Waals surface area contributed by atoms with Crippen LogP contribution in [0, 0.1) is 12.3 Å². The van der Waals surface area contributed by atoms with Crippen molar-refractivity contribution in [2.75, 3.05) is 18.0 Å². The fourth-order valence-corrected chi connectivity index (χ4v) is 5.92. The number of unbranched alkanes of at least 4 members (excludes halogenated alkanes) is 18. The fraction of sp³-hybridized carbons (Fsp3) is 0.667. The van der Waals surface area contributed by atoms with E-state index in [9.17, 15) is 0 Å². The molecule has 0 aliphatic carbocycles. The summed E-state index contributed by atoms with van der Waals surface area (Å²) in [6.45, 7) is 9.98. The molecule has 0 aliphatic heterocycles. The maximum atomic E-state index is 5.78. The highest BCUT2D eigenvalue weighted by molar-refractivity contribution is 5.66. The van der Waals surface area contributed by atoms with Crippen molar-refractivity contribution in [2.45, 2.75) is 156 Å². The number of nitrogens with zero attached hydrogens (tertiary/aromatic N) is 2. The van der Waals surface area contributed by atoms with Crippen LogP contribution in [0.2, 0.25) is 0 Å². The van der Waals surface area contributed by atoms with E-state index in [0.29, 0.717) is 0 Å². The molecule has 1 aromatic carbocycles. The van der Waals surface area contributed by atoms with E-state index in [1.807, 2.05) is 0 Å². The lowest BCUT2D eigenvalue weighted by Gasteiger charge is -2.25. The van der Waals surface area contributed by atoms with Gasteiger partial charge in [0.15, 0.2) is 6.20 Å². The minimum absolute atomic E-state index is 0.894. The molecule has 0 aliphatic rings. The second kappa shape index (κ2) is 23.3. The quantitative estimate of drug-likeness (QED) is 0.0666. The van der Waals surface area contributed by atoms with Gasteiger partial charge in [-0.1, -0.05) is 142 Å². The van der Waals surface area contributed by atoms with Crippen LogP contribution in [-0.2, 0) is 6.54 Å². The summed E-state index contributed by atoms with van der Waals surface area (Å²) in [5.41, 5.74) is 4.76. The second-order valence-corrected chi connectivity index (χ2v) is 12.1. The third-order valence-corrected chi connectivity index (χ3v) is 8.65. The van der Waals surface area contributed by atoms with Gasteiger partial charge in [-0.05, 0) is 48.9 Å². The minimum atomic E-state index is 0.894. The number of anilines is 1. The molecule has 41 heavy (non-hydrogen) atoms. The monoisotopic (exact) mass is 559 g/mol. The van der Waals surface area contributed by atoms with Gasteiger partial charge in [0.1, 0.15) is 6.54 Å². The van der Waals surface area contributed by atoms with E-state index in [4.69, 9.17) is 6.42 Å². The summed E-state index contributed by atoms with van der Waals surface area (Å²) in [4.78, 5) is 2.65. The first-order valence-electron chi connectivity index (χ1n) is 17.6. The Labute approximate surface area is 255 Å². The maximum Gasteiger partial charge on any atom is 0.257 e. The molecule has 0 fully saturated rings. The molecule has 0 unspecified atom stereocenters. The maximum absolute atomic E-state index is 5.78. The Balaban J connectivity index is 1.84. The Kier molecular flexibility index (Phi) is 19.9. The first-order valence-corrected chi connectivity index (χ1v) is 17.6. The summed E-state index contributed by atoms with van der Waals surface area (Å²) in [5, 5.41) is 0. The summed E-state index contributed by atoms with van der Waals surface area (Å²) in [7, 11) is 0. The van der Waals surface area contributed by atoms with E-state index in [1.54, 1.807) is 0 Å². The van der Waals surface area contributed by atoms with Crippen molar-refractivity contribution in [3.05, 3.63) is 48.3 Å². The molecular weight excluding hydrogens is 496 g/mol. The number of terminal acetylenes is 1. The van der Waals surface area contributed by atoms with Gasteiger partial charge in [-0.25, -0.2) is 0 Å². The van der Waals surface area contributed by atoms with Crippen LogP contribution < -0.4 is 9.47 Å². The zero-order chi connectivity index (χ0) is 29.4. The second-order valence-electron chi connectivity index (χ2n) is 12.1. The van der Waals surface area contributed by atoms with Crippen molar-refractivity contribution in [3.8, 4) is 23.5 Å². The molecule has 1 heterocycles. The summed E-state index contributed by atoms with van der Waals surface area (Å²) >= 11 is 0. The number of hydrogen-bond acceptors (Lipinski definition) is 1. The molecule has 2 heteroatoms. The van der Waals surface area contributed by atoms with Crippen molar-refractivity contribution in [3.63, 3.8) is 0 Å². The molecule has 0 saturated heterocycles. The van der Waals surface area contributed by atoms with Crippen molar-refractivity contribution in [1.82, 2.24) is 0 Å². The fourth-order valence-electron chi connectivity index (χ4n) is 5.92. The zero-order valence-corrected chi connectivity index (χ0v) is 27.3. The van der Waals surface area contributed by atoms with Gasteiger partial charge >= 0.3 is 0 Å². The molecule has 1 aromatic heterocycles. The Morgan fingerprint density at radius 2 is 1.00 bits per heavy atom. The summed E-state index contributed by atoms with van der Waals surface area (Å²) in [6.07, 6.45) is 35.7. The van der Waals surface area contributed by atoms with Crippen molar-refractivity contribution in [1.29, 1.82) is 0 Å². The Morgan fingerprint density at radius 1 is 0.561 bits per heavy atom. The molecule has 0 spiro atoms. The lowest BCUT2D eigenvalue weighted by atomic mass is 10.0. The third-order valence-electron chi connectivity index (χ3n) is 8.65. The predicted molar refractivity (Wildman–Crippen MR) is 182 cm³/mol. The van der Waals surface area contributed by atoms with Crippen LogP contribution in [0.3, 0.4) is 0 Å². The summed E-state index contributed by atoms with van der Waals surface area (Å²) in [6, 6.07) is 13.6. The lowest BCUT2D eigenvalue weighted by Crippen LogP contribution is -2.35. The normalized spacial score (nSPS) is 11.1. The van der Waals surface area contributed by atoms with Gasteiger partial charge in [-0.2, -0.15) is 4.57 Å². The van der Waals surface area contributed by atoms with E-state index < -0.39 is 0 Å². The van der Waals surface area contributed by atoms with Crippen LogP contribution in [0.1, 0.15) is 155 Å². The molecule has 0 saturated carbocycles. The highest BCUT2D eigenvalue weighted by Crippen LogP contribution is 2.24. The number of aromatic nitrogens is 1. The minimum Gasteiger partial charge on any atom is -0.372 e. The van der Waals surface area contributed by atoms with Crippen LogP contribution in [0.4, 0.5) is 5.69 Å². The standard InChI is InChI=1S/C39H63N2/c1-5-9-11-13-15-17-19-21-23-25-32-41(33-26-24-22-20-18-16-14-12-10-6-2)39-29-27-36(28-30-39)37-31-34-40(8-4)38(7-3)35-37/h3,27-31,34-35H,5-6,8-26,32-33H2,1-2,4H3/q+1. The molecule has 2 nitrogen and oxygen atoms in total. The highest BCUT2D eigenvalue weighted by atomic mass is 15.1. The molecule has 0 N–H and O–H groups in total. The molecule has 2 aromatic rings. The summed E-state index contributed by atoms with van der Waals surface area (Å²) in [5.74, 6) is 2.85. The molecule has 0 bridgehead atoms. The number of benzene rings is 1. The predicted octanol–water partition coefficient (Wildman–Crippen LogP) is 11.3. The molecule has 0 amide bonds. The largest absolute Gasteiger partial charge is 0.372 e. The van der Waals surface area contributed by atoms with Gasteiger partial charge in [0.25, 0.3) is 5.69 Å². The first kappa shape index (κ1) is 34.9. The molecule has 2 rings (SSSR count). The van der Waals surface area contributed by atoms with Gasteiger partial charge in [-0.3, -0.25) is 0 Å². The van der Waals surface area contributed by atoms with Crippen LogP contribution in [0.15, 0.2) is 42.6 Å². The van der Waals surface area contributed by atoms with Crippen LogP contribution in [0.25, 0.3) is 11.1 Å². The average Bonchev–Trinajstić information content (AvgIpc) is 3.01. The van der Waals surface area contributed by atoms with Crippen molar-refractivity contribution < 1.29 is 4.57 Å². The number of pyridine rings is 1. The molecule has 0 atom stereocenters. The van der Waals surface area contributed by atoms with E-state index in [0.717, 1.165) is 12.2 Å². The van der Waals surface area contributed by atoms with E-state index in [-0.39, 0.29) is 0 Å². The SMILES string of the molecule is C#Cc1cc(-c2ccc(N(CCCCCCCCCCCC)CCCCCCCCCCCC)cc2)cc[n+]1CC. The highest BCUT2D eigenvalue weighted by Gasteiger charge is 2.11. The van der Waals surface area contributed by atoms with E-state index >= 15 is 0 Å². The lowest BCUT2D eigenvalue weighted by molar-refractivity contribution is -0.695. The number of aryl methyl sites for hydroxylation is 1. The third kappa shape index (κ3) is 15.0.